The summed E-state index contributed by atoms with van der Waals surface area (Å²) in [5, 5.41) is 25.2. The standard InChI is InChI=1S/C8H9N7S/c1-2-10-8-13-12-7(16-8)4-15-5-11-6(3-9)14-15/h5H,2,4H2,1H3,(H,10,13). The molecule has 7 nitrogen and oxygen atoms in total. The molecule has 0 aliphatic carbocycles. The quantitative estimate of drug-likeness (QED) is 0.828. The van der Waals surface area contributed by atoms with Gasteiger partial charge in [0, 0.05) is 6.54 Å². The third-order valence-corrected chi connectivity index (χ3v) is 2.59. The van der Waals surface area contributed by atoms with Crippen molar-refractivity contribution in [3.05, 3.63) is 17.2 Å². The summed E-state index contributed by atoms with van der Waals surface area (Å²) in [5.41, 5.74) is 0. The smallest absolute Gasteiger partial charge is 0.252 e. The Morgan fingerprint density at radius 2 is 2.44 bits per heavy atom. The van der Waals surface area contributed by atoms with E-state index in [9.17, 15) is 0 Å². The molecule has 0 saturated heterocycles. The molecule has 0 bridgehead atoms. The molecule has 0 spiro atoms. The van der Waals surface area contributed by atoms with Gasteiger partial charge in [0.15, 0.2) is 0 Å². The Morgan fingerprint density at radius 1 is 1.56 bits per heavy atom. The zero-order valence-electron chi connectivity index (χ0n) is 8.58. The third kappa shape index (κ3) is 2.32. The van der Waals surface area contributed by atoms with E-state index in [4.69, 9.17) is 5.26 Å². The zero-order valence-corrected chi connectivity index (χ0v) is 9.40. The van der Waals surface area contributed by atoms with Gasteiger partial charge in [-0.2, -0.15) is 5.26 Å². The molecule has 82 valence electrons. The van der Waals surface area contributed by atoms with Crippen molar-refractivity contribution in [3.63, 3.8) is 0 Å². The lowest BCUT2D eigenvalue weighted by Gasteiger charge is -1.93. The van der Waals surface area contributed by atoms with Crippen LogP contribution in [0.5, 0.6) is 0 Å². The monoisotopic (exact) mass is 235 g/mol. The highest BCUT2D eigenvalue weighted by atomic mass is 32.1. The molecule has 0 unspecified atom stereocenters. The first-order chi connectivity index (χ1) is 7.81. The summed E-state index contributed by atoms with van der Waals surface area (Å²) >= 11 is 1.46. The molecular formula is C8H9N7S. The van der Waals surface area contributed by atoms with Crippen molar-refractivity contribution in [3.8, 4) is 6.07 Å². The van der Waals surface area contributed by atoms with E-state index in [-0.39, 0.29) is 5.82 Å². The van der Waals surface area contributed by atoms with E-state index < -0.39 is 0 Å². The van der Waals surface area contributed by atoms with Crippen LogP contribution in [0, 0.1) is 11.3 Å². The Balaban J connectivity index is 2.05. The van der Waals surface area contributed by atoms with Gasteiger partial charge in [0.05, 0.1) is 6.54 Å². The molecule has 16 heavy (non-hydrogen) atoms. The Morgan fingerprint density at radius 3 is 3.12 bits per heavy atom. The van der Waals surface area contributed by atoms with Gasteiger partial charge in [-0.15, -0.1) is 15.3 Å². The van der Waals surface area contributed by atoms with E-state index in [1.165, 1.54) is 17.7 Å². The lowest BCUT2D eigenvalue weighted by molar-refractivity contribution is 0.673. The van der Waals surface area contributed by atoms with Crippen LogP contribution in [-0.2, 0) is 6.54 Å². The predicted octanol–water partition coefficient (Wildman–Crippen LogP) is 0.481. The van der Waals surface area contributed by atoms with Crippen molar-refractivity contribution in [2.24, 2.45) is 0 Å². The summed E-state index contributed by atoms with van der Waals surface area (Å²) in [6.45, 7) is 3.30. The molecule has 8 heteroatoms. The van der Waals surface area contributed by atoms with Crippen molar-refractivity contribution >= 4 is 16.5 Å². The van der Waals surface area contributed by atoms with E-state index in [0.29, 0.717) is 6.54 Å². The molecule has 2 aromatic rings. The van der Waals surface area contributed by atoms with Crippen LogP contribution in [0.2, 0.25) is 0 Å². The molecular weight excluding hydrogens is 226 g/mol. The van der Waals surface area contributed by atoms with Gasteiger partial charge in [-0.3, -0.25) is 0 Å². The number of hydrogen-bond donors (Lipinski definition) is 1. The van der Waals surface area contributed by atoms with Crippen LogP contribution in [0.1, 0.15) is 17.8 Å². The lowest BCUT2D eigenvalue weighted by atomic mass is 10.7. The second-order valence-electron chi connectivity index (χ2n) is 2.91. The van der Waals surface area contributed by atoms with Gasteiger partial charge in [0.1, 0.15) is 17.4 Å². The number of hydrogen-bond acceptors (Lipinski definition) is 7. The normalized spacial score (nSPS) is 10.0. The van der Waals surface area contributed by atoms with Gasteiger partial charge in [0.25, 0.3) is 5.82 Å². The lowest BCUT2D eigenvalue weighted by Crippen LogP contribution is -2.00. The van der Waals surface area contributed by atoms with Crippen molar-refractivity contribution < 1.29 is 0 Å². The number of rotatable bonds is 4. The largest absolute Gasteiger partial charge is 0.360 e. The first kappa shape index (κ1) is 10.5. The van der Waals surface area contributed by atoms with Crippen molar-refractivity contribution in [1.82, 2.24) is 25.0 Å². The number of nitrogens with zero attached hydrogens (tertiary/aromatic N) is 6. The first-order valence-corrected chi connectivity index (χ1v) is 5.49. The predicted molar refractivity (Wildman–Crippen MR) is 57.9 cm³/mol. The topological polar surface area (TPSA) is 92.3 Å². The highest BCUT2D eigenvalue weighted by molar-refractivity contribution is 7.15. The van der Waals surface area contributed by atoms with Gasteiger partial charge in [-0.05, 0) is 6.92 Å². The Labute approximate surface area is 95.8 Å². The number of aromatic nitrogens is 5. The minimum atomic E-state index is 0.163. The molecule has 0 atom stereocenters. The Bertz CT molecular complexity index is 508. The van der Waals surface area contributed by atoms with Gasteiger partial charge in [-0.1, -0.05) is 11.3 Å². The summed E-state index contributed by atoms with van der Waals surface area (Å²) in [5.74, 6) is 0.163. The molecule has 0 radical (unpaired) electrons. The highest BCUT2D eigenvalue weighted by Crippen LogP contribution is 2.15. The van der Waals surface area contributed by atoms with Gasteiger partial charge >= 0.3 is 0 Å². The molecule has 1 N–H and O–H groups in total. The van der Waals surface area contributed by atoms with E-state index in [1.54, 1.807) is 4.68 Å². The number of anilines is 1. The van der Waals surface area contributed by atoms with E-state index in [1.807, 2.05) is 13.0 Å². The van der Waals surface area contributed by atoms with Crippen LogP contribution in [0.15, 0.2) is 6.33 Å². The fourth-order valence-electron chi connectivity index (χ4n) is 1.10. The molecule has 0 fully saturated rings. The molecule has 0 aliphatic heterocycles. The summed E-state index contributed by atoms with van der Waals surface area (Å²) in [4.78, 5) is 3.81. The molecule has 0 amide bonds. The molecule has 2 heterocycles. The van der Waals surface area contributed by atoms with Crippen molar-refractivity contribution in [2.45, 2.75) is 13.5 Å². The summed E-state index contributed by atoms with van der Waals surface area (Å²) in [6.07, 6.45) is 1.51. The number of nitriles is 1. The minimum absolute atomic E-state index is 0.163. The Hall–Kier alpha value is -2.01. The van der Waals surface area contributed by atoms with E-state index in [0.717, 1.165) is 16.7 Å². The van der Waals surface area contributed by atoms with Crippen LogP contribution < -0.4 is 5.32 Å². The van der Waals surface area contributed by atoms with Crippen LogP contribution in [0.4, 0.5) is 5.13 Å². The summed E-state index contributed by atoms with van der Waals surface area (Å²) in [6, 6.07) is 1.87. The maximum Gasteiger partial charge on any atom is 0.252 e. The SMILES string of the molecule is CCNc1nnc(Cn2cnc(C#N)n2)s1. The Kier molecular flexibility index (Phi) is 3.07. The molecule has 2 aromatic heterocycles. The average molecular weight is 235 g/mol. The van der Waals surface area contributed by atoms with Crippen molar-refractivity contribution in [1.29, 1.82) is 5.26 Å². The average Bonchev–Trinajstić information content (AvgIpc) is 2.89. The molecule has 2 rings (SSSR count). The zero-order chi connectivity index (χ0) is 11.4. The second kappa shape index (κ2) is 4.67. The van der Waals surface area contributed by atoms with Crippen LogP contribution in [-0.4, -0.2) is 31.5 Å². The third-order valence-electron chi connectivity index (χ3n) is 1.73. The second-order valence-corrected chi connectivity index (χ2v) is 3.97. The number of nitrogens with one attached hydrogen (secondary N) is 1. The van der Waals surface area contributed by atoms with Crippen LogP contribution in [0.3, 0.4) is 0 Å². The van der Waals surface area contributed by atoms with E-state index >= 15 is 0 Å². The van der Waals surface area contributed by atoms with Crippen LogP contribution >= 0.6 is 11.3 Å². The maximum atomic E-state index is 8.57. The summed E-state index contributed by atoms with van der Waals surface area (Å²) < 4.78 is 1.56. The van der Waals surface area contributed by atoms with Crippen molar-refractivity contribution in [2.75, 3.05) is 11.9 Å². The minimum Gasteiger partial charge on any atom is -0.360 e. The molecule has 0 aliphatic rings. The van der Waals surface area contributed by atoms with Gasteiger partial charge < -0.3 is 5.32 Å². The highest BCUT2D eigenvalue weighted by Gasteiger charge is 2.05. The van der Waals surface area contributed by atoms with Gasteiger partial charge in [0.2, 0.25) is 5.13 Å². The first-order valence-electron chi connectivity index (χ1n) is 4.67. The summed E-state index contributed by atoms with van der Waals surface area (Å²) in [7, 11) is 0. The maximum absolute atomic E-state index is 8.57. The fraction of sp³-hybridized carbons (Fsp3) is 0.375. The fourth-order valence-corrected chi connectivity index (χ4v) is 1.90. The van der Waals surface area contributed by atoms with Gasteiger partial charge in [-0.25, -0.2) is 9.67 Å². The molecule has 0 saturated carbocycles. The molecule has 0 aromatic carbocycles. The van der Waals surface area contributed by atoms with Crippen LogP contribution in [0.25, 0.3) is 0 Å². The van der Waals surface area contributed by atoms with E-state index in [2.05, 4.69) is 25.6 Å².